The van der Waals surface area contributed by atoms with E-state index in [1.54, 1.807) is 0 Å². The maximum absolute atomic E-state index is 12.8. The van der Waals surface area contributed by atoms with Gasteiger partial charge in [-0.25, -0.2) is 0 Å². The van der Waals surface area contributed by atoms with Crippen molar-refractivity contribution in [3.8, 4) is 0 Å². The number of hydrogen-bond donors (Lipinski definition) is 2. The number of carboxylic acid groups (broad SMARTS) is 1. The first-order valence-corrected chi connectivity index (χ1v) is 6.32. The van der Waals surface area contributed by atoms with Crippen LogP contribution >= 0.6 is 0 Å². The van der Waals surface area contributed by atoms with Crippen LogP contribution in [-0.2, 0) is 4.79 Å². The summed E-state index contributed by atoms with van der Waals surface area (Å²) in [5.41, 5.74) is -0.889. The Kier molecular flexibility index (Phi) is 5.01. The monoisotopic (exact) mass is 267 g/mol. The quantitative estimate of drug-likeness (QED) is 0.805. The molecule has 6 heteroatoms. The first-order chi connectivity index (χ1) is 8.29. The van der Waals surface area contributed by atoms with Gasteiger partial charge in [0, 0.05) is 5.54 Å². The van der Waals surface area contributed by atoms with Gasteiger partial charge < -0.3 is 10.4 Å². The van der Waals surface area contributed by atoms with Gasteiger partial charge in [-0.2, -0.15) is 13.2 Å². The smallest absolute Gasteiger partial charge is 0.391 e. The molecule has 1 aliphatic carbocycles. The highest BCUT2D eigenvalue weighted by Crippen LogP contribution is 2.43. The largest absolute Gasteiger partial charge is 0.481 e. The zero-order chi connectivity index (χ0) is 13.8. The number of carbonyl (C=O) groups is 1. The number of hydrogen-bond acceptors (Lipinski definition) is 2. The van der Waals surface area contributed by atoms with E-state index < -0.39 is 23.6 Å². The second-order valence-corrected chi connectivity index (χ2v) is 5.11. The molecule has 1 aliphatic rings. The van der Waals surface area contributed by atoms with E-state index in [9.17, 15) is 18.0 Å². The molecule has 1 rings (SSSR count). The van der Waals surface area contributed by atoms with E-state index in [0.717, 1.165) is 6.42 Å². The molecule has 2 unspecified atom stereocenters. The number of carboxylic acids is 1. The Morgan fingerprint density at radius 3 is 2.67 bits per heavy atom. The Balaban J connectivity index is 2.78. The van der Waals surface area contributed by atoms with E-state index >= 15 is 0 Å². The van der Waals surface area contributed by atoms with Crippen LogP contribution in [0.1, 0.15) is 45.4 Å². The Labute approximate surface area is 105 Å². The van der Waals surface area contributed by atoms with Gasteiger partial charge in [0.25, 0.3) is 0 Å². The van der Waals surface area contributed by atoms with Crippen LogP contribution in [0.3, 0.4) is 0 Å². The number of rotatable bonds is 5. The Morgan fingerprint density at radius 2 is 2.17 bits per heavy atom. The molecule has 0 aromatic heterocycles. The van der Waals surface area contributed by atoms with Gasteiger partial charge in [0.2, 0.25) is 0 Å². The molecule has 0 radical (unpaired) electrons. The Morgan fingerprint density at radius 1 is 1.50 bits per heavy atom. The predicted molar refractivity (Wildman–Crippen MR) is 61.3 cm³/mol. The van der Waals surface area contributed by atoms with Gasteiger partial charge in [-0.15, -0.1) is 0 Å². The molecule has 2 N–H and O–H groups in total. The highest BCUT2D eigenvalue weighted by molar-refractivity contribution is 5.68. The van der Waals surface area contributed by atoms with E-state index in [2.05, 4.69) is 5.32 Å². The minimum absolute atomic E-state index is 0.110. The van der Waals surface area contributed by atoms with Crippen molar-refractivity contribution in [1.82, 2.24) is 5.32 Å². The molecule has 0 saturated heterocycles. The fraction of sp³-hybridized carbons (Fsp3) is 0.917. The van der Waals surface area contributed by atoms with E-state index in [4.69, 9.17) is 5.11 Å². The van der Waals surface area contributed by atoms with Crippen LogP contribution in [0.4, 0.5) is 13.2 Å². The molecule has 18 heavy (non-hydrogen) atoms. The molecule has 3 nitrogen and oxygen atoms in total. The van der Waals surface area contributed by atoms with Crippen molar-refractivity contribution >= 4 is 5.97 Å². The zero-order valence-corrected chi connectivity index (χ0v) is 10.5. The molecule has 0 aromatic carbocycles. The molecule has 106 valence electrons. The van der Waals surface area contributed by atoms with Crippen molar-refractivity contribution in [2.75, 3.05) is 6.54 Å². The van der Waals surface area contributed by atoms with Crippen molar-refractivity contribution in [1.29, 1.82) is 0 Å². The van der Waals surface area contributed by atoms with Gasteiger partial charge in [-0.05, 0) is 32.2 Å². The maximum Gasteiger partial charge on any atom is 0.391 e. The van der Waals surface area contributed by atoms with Gasteiger partial charge in [0.15, 0.2) is 0 Å². The Hall–Kier alpha value is -0.780. The van der Waals surface area contributed by atoms with Crippen LogP contribution in [-0.4, -0.2) is 29.3 Å². The van der Waals surface area contributed by atoms with Crippen LogP contribution in [0.15, 0.2) is 0 Å². The molecule has 0 aromatic rings. The zero-order valence-electron chi connectivity index (χ0n) is 10.5. The molecular weight excluding hydrogens is 247 g/mol. The fourth-order valence-electron chi connectivity index (χ4n) is 2.71. The highest BCUT2D eigenvalue weighted by atomic mass is 19.4. The van der Waals surface area contributed by atoms with Crippen LogP contribution in [0.2, 0.25) is 0 Å². The third kappa shape index (κ3) is 4.15. The highest BCUT2D eigenvalue weighted by Gasteiger charge is 2.48. The lowest BCUT2D eigenvalue weighted by Crippen LogP contribution is -2.52. The molecule has 0 heterocycles. The first kappa shape index (κ1) is 15.3. The molecule has 0 bridgehead atoms. The van der Waals surface area contributed by atoms with Crippen LogP contribution in [0.25, 0.3) is 0 Å². The average molecular weight is 267 g/mol. The summed E-state index contributed by atoms with van der Waals surface area (Å²) < 4.78 is 38.3. The lowest BCUT2D eigenvalue weighted by molar-refractivity contribution is -0.189. The molecular formula is C12H20F3NO2. The summed E-state index contributed by atoms with van der Waals surface area (Å²) >= 11 is 0. The van der Waals surface area contributed by atoms with E-state index in [1.165, 1.54) is 0 Å². The van der Waals surface area contributed by atoms with Gasteiger partial charge in [0.1, 0.15) is 0 Å². The molecule has 1 fully saturated rings. The average Bonchev–Trinajstić information content (AvgIpc) is 2.24. The van der Waals surface area contributed by atoms with Gasteiger partial charge in [-0.1, -0.05) is 13.3 Å². The minimum Gasteiger partial charge on any atom is -0.481 e. The molecule has 1 saturated carbocycles. The lowest BCUT2D eigenvalue weighted by atomic mass is 9.73. The standard InChI is InChI=1S/C12H20F3NO2/c1-2-6-16-11(8-10(17)18)5-3-4-9(7-11)12(13,14)15/h9,16H,2-8H2,1H3,(H,17,18). The van der Waals surface area contributed by atoms with Crippen LogP contribution in [0, 0.1) is 5.92 Å². The molecule has 2 atom stereocenters. The van der Waals surface area contributed by atoms with Crippen molar-refractivity contribution < 1.29 is 23.1 Å². The third-order valence-corrected chi connectivity index (χ3v) is 3.55. The molecule has 0 aliphatic heterocycles. The molecule has 0 spiro atoms. The first-order valence-electron chi connectivity index (χ1n) is 6.32. The second kappa shape index (κ2) is 5.91. The Bertz CT molecular complexity index is 294. The normalized spacial score (nSPS) is 29.2. The summed E-state index contributed by atoms with van der Waals surface area (Å²) in [6.45, 7) is 2.46. The summed E-state index contributed by atoms with van der Waals surface area (Å²) in [5, 5.41) is 11.9. The van der Waals surface area contributed by atoms with Gasteiger partial charge in [-0.3, -0.25) is 4.79 Å². The van der Waals surface area contributed by atoms with E-state index in [0.29, 0.717) is 19.4 Å². The van der Waals surface area contributed by atoms with Crippen molar-refractivity contribution in [2.24, 2.45) is 5.92 Å². The summed E-state index contributed by atoms with van der Waals surface area (Å²) in [5.74, 6) is -2.42. The second-order valence-electron chi connectivity index (χ2n) is 5.11. The van der Waals surface area contributed by atoms with Gasteiger partial charge >= 0.3 is 12.1 Å². The summed E-state index contributed by atoms with van der Waals surface area (Å²) in [7, 11) is 0. The number of nitrogens with one attached hydrogen (secondary N) is 1. The maximum atomic E-state index is 12.8. The lowest BCUT2D eigenvalue weighted by Gasteiger charge is -2.41. The van der Waals surface area contributed by atoms with Crippen LogP contribution in [0.5, 0.6) is 0 Å². The van der Waals surface area contributed by atoms with Crippen molar-refractivity contribution in [3.63, 3.8) is 0 Å². The SMILES string of the molecule is CCCNC1(CC(=O)O)CCCC(C(F)(F)F)C1. The van der Waals surface area contributed by atoms with Crippen molar-refractivity contribution in [2.45, 2.75) is 57.2 Å². The summed E-state index contributed by atoms with van der Waals surface area (Å²) in [6, 6.07) is 0. The van der Waals surface area contributed by atoms with Crippen molar-refractivity contribution in [3.05, 3.63) is 0 Å². The minimum atomic E-state index is -4.22. The van der Waals surface area contributed by atoms with E-state index in [1.807, 2.05) is 6.92 Å². The number of halogens is 3. The summed E-state index contributed by atoms with van der Waals surface area (Å²) in [6.07, 6.45) is -2.77. The third-order valence-electron chi connectivity index (χ3n) is 3.55. The van der Waals surface area contributed by atoms with Crippen LogP contribution < -0.4 is 5.32 Å². The van der Waals surface area contributed by atoms with Gasteiger partial charge in [0.05, 0.1) is 12.3 Å². The molecule has 0 amide bonds. The fourth-order valence-corrected chi connectivity index (χ4v) is 2.71. The van der Waals surface area contributed by atoms with E-state index in [-0.39, 0.29) is 19.3 Å². The summed E-state index contributed by atoms with van der Waals surface area (Å²) in [4.78, 5) is 10.9. The predicted octanol–water partition coefficient (Wildman–Crippen LogP) is 2.95. The topological polar surface area (TPSA) is 49.3 Å². The number of alkyl halides is 3. The number of aliphatic carboxylic acids is 1.